The predicted octanol–water partition coefficient (Wildman–Crippen LogP) is 6.60. The lowest BCUT2D eigenvalue weighted by Crippen LogP contribution is -2.53. The molecule has 4 nitrogen and oxygen atoms in total. The van der Waals surface area contributed by atoms with E-state index in [2.05, 4.69) is 5.32 Å². The average Bonchev–Trinajstić information content (AvgIpc) is 2.69. The van der Waals surface area contributed by atoms with Gasteiger partial charge in [-0.3, -0.25) is 9.59 Å². The number of nitrogens with zero attached hydrogens (tertiary/aromatic N) is 1. The largest absolute Gasteiger partial charge is 0.350 e. The predicted molar refractivity (Wildman–Crippen MR) is 137 cm³/mol. The first-order chi connectivity index (χ1) is 15.0. The van der Waals surface area contributed by atoms with Crippen LogP contribution in [0.2, 0.25) is 15.1 Å². The number of halogens is 3. The summed E-state index contributed by atoms with van der Waals surface area (Å²) in [5, 5.41) is 4.78. The van der Waals surface area contributed by atoms with Crippen molar-refractivity contribution in [2.45, 2.75) is 58.0 Å². The van der Waals surface area contributed by atoms with Crippen molar-refractivity contribution >= 4 is 58.4 Å². The number of rotatable bonds is 9. The summed E-state index contributed by atoms with van der Waals surface area (Å²) in [6, 6.07) is 12.1. The summed E-state index contributed by atoms with van der Waals surface area (Å²) in [6.07, 6.45) is 0.509. The molecule has 1 N–H and O–H groups in total. The molecular formula is C24H29Cl3N2O2S. The summed E-state index contributed by atoms with van der Waals surface area (Å²) in [7, 11) is 0. The molecule has 0 aliphatic rings. The molecule has 174 valence electrons. The molecule has 0 unspecified atom stereocenters. The number of hydrogen-bond acceptors (Lipinski definition) is 3. The zero-order valence-corrected chi connectivity index (χ0v) is 21.8. The molecule has 2 rings (SSSR count). The number of amides is 2. The van der Waals surface area contributed by atoms with Gasteiger partial charge >= 0.3 is 0 Å². The van der Waals surface area contributed by atoms with Crippen LogP contribution in [0, 0.1) is 0 Å². The van der Waals surface area contributed by atoms with Gasteiger partial charge in [-0.25, -0.2) is 0 Å². The first kappa shape index (κ1) is 26.8. The fraction of sp³-hybridized carbons (Fsp3) is 0.417. The molecule has 0 radical (unpaired) electrons. The van der Waals surface area contributed by atoms with Crippen LogP contribution in [-0.2, 0) is 21.9 Å². The minimum absolute atomic E-state index is 0.106. The van der Waals surface area contributed by atoms with Crippen molar-refractivity contribution in [2.24, 2.45) is 0 Å². The summed E-state index contributed by atoms with van der Waals surface area (Å²) in [4.78, 5) is 27.9. The van der Waals surface area contributed by atoms with Crippen LogP contribution in [0.15, 0.2) is 42.5 Å². The average molecular weight is 516 g/mol. The highest BCUT2D eigenvalue weighted by atomic mass is 35.5. The lowest BCUT2D eigenvalue weighted by molar-refractivity contribution is -0.140. The summed E-state index contributed by atoms with van der Waals surface area (Å²) in [6.45, 7) is 8.02. The van der Waals surface area contributed by atoms with E-state index in [9.17, 15) is 9.59 Å². The van der Waals surface area contributed by atoms with E-state index >= 15 is 0 Å². The van der Waals surface area contributed by atoms with Crippen molar-refractivity contribution in [1.29, 1.82) is 0 Å². The van der Waals surface area contributed by atoms with E-state index < -0.39 is 6.04 Å². The highest BCUT2D eigenvalue weighted by Gasteiger charge is 2.30. The summed E-state index contributed by atoms with van der Waals surface area (Å²) < 4.78 is 0. The fourth-order valence-corrected chi connectivity index (χ4v) is 4.72. The van der Waals surface area contributed by atoms with Gasteiger partial charge in [0.05, 0.1) is 5.75 Å². The second-order valence-electron chi connectivity index (χ2n) is 8.54. The van der Waals surface area contributed by atoms with Crippen molar-refractivity contribution in [2.75, 3.05) is 5.75 Å². The summed E-state index contributed by atoms with van der Waals surface area (Å²) in [5.74, 6) is 0.534. The van der Waals surface area contributed by atoms with Gasteiger partial charge in [-0.1, -0.05) is 59.9 Å². The topological polar surface area (TPSA) is 49.4 Å². The number of thioether (sulfide) groups is 1. The van der Waals surface area contributed by atoms with E-state index in [0.29, 0.717) is 33.8 Å². The number of nitrogens with one attached hydrogen (secondary N) is 1. The lowest BCUT2D eigenvalue weighted by atomic mass is 10.1. The number of carbonyl (C=O) groups excluding carboxylic acids is 2. The second kappa shape index (κ2) is 12.2. The first-order valence-electron chi connectivity index (χ1n) is 10.4. The monoisotopic (exact) mass is 514 g/mol. The molecule has 2 amide bonds. The maximum absolute atomic E-state index is 13.3. The van der Waals surface area contributed by atoms with Gasteiger partial charge < -0.3 is 10.2 Å². The van der Waals surface area contributed by atoms with Crippen LogP contribution in [0.25, 0.3) is 0 Å². The Morgan fingerprint density at radius 2 is 1.66 bits per heavy atom. The lowest BCUT2D eigenvalue weighted by Gasteiger charge is -2.33. The van der Waals surface area contributed by atoms with Crippen molar-refractivity contribution < 1.29 is 9.59 Å². The van der Waals surface area contributed by atoms with Crippen LogP contribution in [0.4, 0.5) is 0 Å². The van der Waals surface area contributed by atoms with Gasteiger partial charge in [0.25, 0.3) is 0 Å². The molecule has 2 aromatic rings. The first-order valence-corrected chi connectivity index (χ1v) is 12.7. The molecule has 0 spiro atoms. The Labute approximate surface area is 210 Å². The third kappa shape index (κ3) is 8.51. The number of carbonyl (C=O) groups is 2. The molecule has 8 heteroatoms. The molecular weight excluding hydrogens is 487 g/mol. The molecule has 1 atom stereocenters. The minimum Gasteiger partial charge on any atom is -0.350 e. The maximum atomic E-state index is 13.3. The van der Waals surface area contributed by atoms with Gasteiger partial charge in [0.1, 0.15) is 6.04 Å². The molecule has 0 bridgehead atoms. The number of hydrogen-bond donors (Lipinski definition) is 1. The van der Waals surface area contributed by atoms with Crippen molar-refractivity contribution in [3.8, 4) is 0 Å². The third-order valence-corrected chi connectivity index (χ3v) is 6.45. The maximum Gasteiger partial charge on any atom is 0.243 e. The zero-order valence-electron chi connectivity index (χ0n) is 18.8. The molecule has 0 aromatic heterocycles. The Balaban J connectivity index is 2.16. The molecule has 0 heterocycles. The van der Waals surface area contributed by atoms with Gasteiger partial charge in [0.2, 0.25) is 11.8 Å². The normalized spacial score (nSPS) is 12.3. The van der Waals surface area contributed by atoms with Crippen molar-refractivity contribution in [3.05, 3.63) is 68.7 Å². The highest BCUT2D eigenvalue weighted by Crippen LogP contribution is 2.25. The fourth-order valence-electron chi connectivity index (χ4n) is 3.13. The molecule has 0 aliphatic heterocycles. The standard InChI is InChI=1S/C24H29Cl3N2O2S/c1-5-21(23(31)28-24(2,3)4)29(13-16-6-9-18(25)10-7-16)22(30)15-32-14-17-8-11-19(26)12-20(17)27/h6-12,21H,5,13-15H2,1-4H3,(H,28,31)/t21-/m0/s1. The van der Waals surface area contributed by atoms with Crippen LogP contribution >= 0.6 is 46.6 Å². The second-order valence-corrected chi connectivity index (χ2v) is 10.8. The molecule has 32 heavy (non-hydrogen) atoms. The van der Waals surface area contributed by atoms with Crippen molar-refractivity contribution in [1.82, 2.24) is 10.2 Å². The Morgan fingerprint density at radius 1 is 1.03 bits per heavy atom. The van der Waals surface area contributed by atoms with E-state index in [4.69, 9.17) is 34.8 Å². The van der Waals surface area contributed by atoms with Gasteiger partial charge in [0.15, 0.2) is 0 Å². The Kier molecular flexibility index (Phi) is 10.2. The van der Waals surface area contributed by atoms with Gasteiger partial charge in [0, 0.05) is 32.9 Å². The summed E-state index contributed by atoms with van der Waals surface area (Å²) in [5.41, 5.74) is 1.44. The van der Waals surface area contributed by atoms with E-state index in [1.54, 1.807) is 29.2 Å². The smallest absolute Gasteiger partial charge is 0.243 e. The van der Waals surface area contributed by atoms with E-state index in [1.165, 1.54) is 11.8 Å². The Hall–Kier alpha value is -1.40. The minimum atomic E-state index is -0.572. The van der Waals surface area contributed by atoms with E-state index in [-0.39, 0.29) is 23.1 Å². The number of benzene rings is 2. The van der Waals surface area contributed by atoms with E-state index in [1.807, 2.05) is 45.9 Å². The highest BCUT2D eigenvalue weighted by molar-refractivity contribution is 7.99. The van der Waals surface area contributed by atoms with E-state index in [0.717, 1.165) is 11.1 Å². The molecule has 0 saturated carbocycles. The SMILES string of the molecule is CC[C@@H](C(=O)NC(C)(C)C)N(Cc1ccc(Cl)cc1)C(=O)CSCc1ccc(Cl)cc1Cl. The van der Waals surface area contributed by atoms with Crippen LogP contribution in [-0.4, -0.2) is 34.0 Å². The Bertz CT molecular complexity index is 930. The third-order valence-electron chi connectivity index (χ3n) is 4.65. The van der Waals surface area contributed by atoms with Crippen LogP contribution < -0.4 is 5.32 Å². The van der Waals surface area contributed by atoms with Gasteiger partial charge in [-0.15, -0.1) is 11.8 Å². The van der Waals surface area contributed by atoms with Gasteiger partial charge in [-0.05, 0) is 62.6 Å². The zero-order chi connectivity index (χ0) is 23.9. The van der Waals surface area contributed by atoms with Gasteiger partial charge in [-0.2, -0.15) is 0 Å². The van der Waals surface area contributed by atoms with Crippen molar-refractivity contribution in [3.63, 3.8) is 0 Å². The molecule has 0 saturated heterocycles. The van der Waals surface area contributed by atoms with Crippen LogP contribution in [0.5, 0.6) is 0 Å². The molecule has 0 aliphatic carbocycles. The summed E-state index contributed by atoms with van der Waals surface area (Å²) >= 11 is 19.7. The van der Waals surface area contributed by atoms with Crippen LogP contribution in [0.1, 0.15) is 45.2 Å². The quantitative estimate of drug-likeness (QED) is 0.409. The molecule has 2 aromatic carbocycles. The molecule has 0 fully saturated rings. The van der Waals surface area contributed by atoms with Crippen LogP contribution in [0.3, 0.4) is 0 Å². The Morgan fingerprint density at radius 3 is 2.22 bits per heavy atom.